The number of hydrogen-bond donors (Lipinski definition) is 5. The largest absolute Gasteiger partial charge is 0.445 e. The van der Waals surface area contributed by atoms with Crippen LogP contribution in [0.5, 0.6) is 0 Å². The van der Waals surface area contributed by atoms with Crippen molar-refractivity contribution in [1.82, 2.24) is 45.6 Å². The van der Waals surface area contributed by atoms with Crippen molar-refractivity contribution in [3.8, 4) is 0 Å². The van der Waals surface area contributed by atoms with Gasteiger partial charge < -0.3 is 50.4 Å². The van der Waals surface area contributed by atoms with Crippen LogP contribution in [0.25, 0.3) is 0 Å². The summed E-state index contributed by atoms with van der Waals surface area (Å²) in [4.78, 5) is 113. The van der Waals surface area contributed by atoms with Crippen LogP contribution in [0.4, 0.5) is 15.3 Å². The molecule has 8 amide bonds. The van der Waals surface area contributed by atoms with E-state index in [1.807, 2.05) is 30.3 Å². The van der Waals surface area contributed by atoms with Gasteiger partial charge in [0.1, 0.15) is 18.9 Å². The molecule has 23 heteroatoms. The van der Waals surface area contributed by atoms with E-state index < -0.39 is 48.9 Å². The first kappa shape index (κ1) is 54.1. The monoisotopic (exact) mass is 960 g/mol. The molecule has 1 aromatic heterocycles. The van der Waals surface area contributed by atoms with E-state index in [-0.39, 0.29) is 82.6 Å². The van der Waals surface area contributed by atoms with Crippen LogP contribution in [0.1, 0.15) is 48.9 Å². The molecule has 3 aromatic rings. The predicted molar refractivity (Wildman–Crippen MR) is 245 cm³/mol. The number of aliphatic hydroxyl groups excluding tert-OH is 1. The molecule has 1 aliphatic rings. The Hall–Kier alpha value is -7.53. The first-order valence-electron chi connectivity index (χ1n) is 22.3. The van der Waals surface area contributed by atoms with Gasteiger partial charge in [0.05, 0.1) is 45.0 Å². The highest BCUT2D eigenvalue weighted by Crippen LogP contribution is 2.13. The summed E-state index contributed by atoms with van der Waals surface area (Å²) >= 11 is 0. The number of carbonyl (C=O) groups excluding carboxylic acids is 9. The normalized spacial score (nSPS) is 12.2. The van der Waals surface area contributed by atoms with Crippen molar-refractivity contribution in [2.45, 2.75) is 58.2 Å². The fourth-order valence-corrected chi connectivity index (χ4v) is 6.33. The maximum Gasteiger partial charge on any atom is 0.409 e. The minimum absolute atomic E-state index is 0.0171. The number of ketones is 1. The van der Waals surface area contributed by atoms with Gasteiger partial charge in [-0.3, -0.25) is 38.5 Å². The fourth-order valence-electron chi connectivity index (χ4n) is 6.33. The summed E-state index contributed by atoms with van der Waals surface area (Å²) in [5.41, 5.74) is 2.50. The first-order valence-corrected chi connectivity index (χ1v) is 22.3. The number of unbranched alkanes of at least 4 members (excludes halogenated alkanes) is 2. The van der Waals surface area contributed by atoms with Gasteiger partial charge in [-0.1, -0.05) is 54.1 Å². The number of carbonyl (C=O) groups is 9. The Bertz CT molecular complexity index is 2220. The van der Waals surface area contributed by atoms with Gasteiger partial charge in [-0.2, -0.15) is 0 Å². The molecule has 0 saturated carbocycles. The molecule has 1 unspecified atom stereocenters. The first-order chi connectivity index (χ1) is 33.2. The third kappa shape index (κ3) is 20.5. The minimum Gasteiger partial charge on any atom is -0.445 e. The van der Waals surface area contributed by atoms with Crippen LogP contribution in [0, 0.1) is 5.92 Å². The van der Waals surface area contributed by atoms with Gasteiger partial charge in [0.15, 0.2) is 12.4 Å². The van der Waals surface area contributed by atoms with Gasteiger partial charge in [-0.05, 0) is 42.5 Å². The quantitative estimate of drug-likeness (QED) is 0.0455. The van der Waals surface area contributed by atoms with E-state index in [9.17, 15) is 43.2 Å². The zero-order valence-corrected chi connectivity index (χ0v) is 38.8. The van der Waals surface area contributed by atoms with Crippen molar-refractivity contribution in [3.63, 3.8) is 0 Å². The zero-order chi connectivity index (χ0) is 50.0. The Morgan fingerprint density at radius 1 is 0.739 bits per heavy atom. The Kier molecular flexibility index (Phi) is 22.9. The van der Waals surface area contributed by atoms with Gasteiger partial charge in [0.2, 0.25) is 23.6 Å². The second-order valence-electron chi connectivity index (χ2n) is 15.9. The van der Waals surface area contributed by atoms with E-state index in [0.717, 1.165) is 5.56 Å². The third-order valence-corrected chi connectivity index (χ3v) is 10.4. The number of amides is 8. The predicted octanol–water partition coefficient (Wildman–Crippen LogP) is 0.715. The van der Waals surface area contributed by atoms with E-state index >= 15 is 0 Å². The third-order valence-electron chi connectivity index (χ3n) is 10.4. The minimum atomic E-state index is -0.784. The second kappa shape index (κ2) is 29.3. The highest BCUT2D eigenvalue weighted by molar-refractivity contribution is 6.12. The molecule has 0 aliphatic carbocycles. The number of aromatic nitrogens is 3. The number of hydrogen-bond acceptors (Lipinski definition) is 15. The van der Waals surface area contributed by atoms with Crippen molar-refractivity contribution < 1.29 is 62.5 Å². The molecular weight excluding hydrogens is 901 g/mol. The van der Waals surface area contributed by atoms with Crippen molar-refractivity contribution in [3.05, 3.63) is 89.8 Å². The Labute approximate surface area is 398 Å². The molecule has 1 atom stereocenters. The number of nitrogens with one attached hydrogen (secondary N) is 4. The zero-order valence-electron chi connectivity index (χ0n) is 38.8. The molecule has 0 bridgehead atoms. The summed E-state index contributed by atoms with van der Waals surface area (Å²) in [6.07, 6.45) is 5.32. The van der Waals surface area contributed by atoms with Crippen LogP contribution < -0.4 is 21.3 Å². The molecule has 2 aromatic carbocycles. The summed E-state index contributed by atoms with van der Waals surface area (Å²) in [5, 5.41) is 27.8. The van der Waals surface area contributed by atoms with Crippen LogP contribution in [0.2, 0.25) is 0 Å². The molecule has 5 N–H and O–H groups in total. The van der Waals surface area contributed by atoms with Crippen LogP contribution in [0.15, 0.2) is 72.9 Å². The number of rotatable bonds is 30. The lowest BCUT2D eigenvalue weighted by Gasteiger charge is -2.21. The molecule has 2 heterocycles. The Balaban J connectivity index is 1.09. The molecule has 372 valence electrons. The molecule has 69 heavy (non-hydrogen) atoms. The average molecular weight is 961 g/mol. The summed E-state index contributed by atoms with van der Waals surface area (Å²) in [5.74, 6) is -3.35. The number of nitrogens with zero attached hydrogens (tertiary/aromatic N) is 6. The topological polar surface area (TPSA) is 290 Å². The summed E-state index contributed by atoms with van der Waals surface area (Å²) in [6, 6.07) is 15.8. The Morgan fingerprint density at radius 3 is 2.12 bits per heavy atom. The number of aliphatic hydroxyl groups is 1. The lowest BCUT2D eigenvalue weighted by Crippen LogP contribution is -2.42. The van der Waals surface area contributed by atoms with Crippen LogP contribution in [0.3, 0.4) is 0 Å². The smallest absolute Gasteiger partial charge is 0.409 e. The van der Waals surface area contributed by atoms with E-state index in [1.54, 1.807) is 35.1 Å². The number of anilines is 1. The fraction of sp³-hybridized carbons (Fsp3) is 0.457. The van der Waals surface area contributed by atoms with E-state index in [0.29, 0.717) is 62.1 Å². The number of imide groups is 1. The second-order valence-corrected chi connectivity index (χ2v) is 15.9. The number of benzene rings is 2. The van der Waals surface area contributed by atoms with Gasteiger partial charge in [0, 0.05) is 71.0 Å². The van der Waals surface area contributed by atoms with Crippen LogP contribution in [-0.4, -0.2) is 161 Å². The van der Waals surface area contributed by atoms with Gasteiger partial charge in [-0.25, -0.2) is 14.3 Å². The lowest BCUT2D eigenvalue weighted by atomic mass is 9.98. The van der Waals surface area contributed by atoms with Crippen molar-refractivity contribution in [1.29, 1.82) is 0 Å². The SMILES string of the molecule is CN(CCN(C)C(=O)OCc1ccc(NC(=O)CNC(=O)C(CNC(=O)CCOCCn2cc(CNC(=O)CCCCCN3C(=O)C=CC3=O)nn2)Cc2ccccc2)cc1)C(=O)OCC(=O)CO. The molecule has 0 radical (unpaired) electrons. The van der Waals surface area contributed by atoms with E-state index in [2.05, 4.69) is 31.6 Å². The van der Waals surface area contributed by atoms with Gasteiger partial charge >= 0.3 is 12.2 Å². The van der Waals surface area contributed by atoms with E-state index in [4.69, 9.17) is 19.3 Å². The maximum atomic E-state index is 13.3. The van der Waals surface area contributed by atoms with Crippen molar-refractivity contribution in [2.24, 2.45) is 5.92 Å². The molecule has 0 spiro atoms. The van der Waals surface area contributed by atoms with Crippen LogP contribution in [-0.2, 0) is 73.9 Å². The van der Waals surface area contributed by atoms with E-state index in [1.165, 1.54) is 40.9 Å². The number of likely N-dealkylation sites (N-methyl/N-ethyl adjacent to an activating group) is 2. The van der Waals surface area contributed by atoms with Crippen LogP contribution >= 0.6 is 0 Å². The van der Waals surface area contributed by atoms with Gasteiger partial charge in [-0.15, -0.1) is 5.10 Å². The summed E-state index contributed by atoms with van der Waals surface area (Å²) in [6.45, 7) is -0.224. The summed E-state index contributed by atoms with van der Waals surface area (Å²) in [7, 11) is 2.92. The van der Waals surface area contributed by atoms with Gasteiger partial charge in [0.25, 0.3) is 11.8 Å². The lowest BCUT2D eigenvalue weighted by molar-refractivity contribution is -0.137. The molecule has 1 aliphatic heterocycles. The molecular formula is C46H60N10O13. The number of ether oxygens (including phenoxy) is 3. The van der Waals surface area contributed by atoms with Crippen molar-refractivity contribution in [2.75, 3.05) is 78.6 Å². The standard InChI is InChI=1S/C46H60N10O13/c1-53(20-21-54(2)46(66)69-32-38(58)30-57)45(65)68-31-34-12-14-36(15-13-34)50-41(61)28-49-44(64)35(25-33-9-5-3-6-10-33)26-47-40(60)18-23-67-24-22-55-29-37(51-52-55)27-48-39(59)11-7-4-8-19-56-42(62)16-17-43(56)63/h3,5-6,9-10,12-17,29,35,57H,4,7-8,11,18-28,30-32H2,1-2H3,(H,47,60)(H,48,59)(H,49,64)(H,50,61). The highest BCUT2D eigenvalue weighted by Gasteiger charge is 2.23. The maximum absolute atomic E-state index is 13.3. The molecule has 0 saturated heterocycles. The Morgan fingerprint density at radius 2 is 1.42 bits per heavy atom. The highest BCUT2D eigenvalue weighted by atomic mass is 16.6. The summed E-state index contributed by atoms with van der Waals surface area (Å²) < 4.78 is 17.3. The molecule has 23 nitrogen and oxygen atoms in total. The van der Waals surface area contributed by atoms with Crippen molar-refractivity contribution >= 4 is 59.1 Å². The molecule has 0 fully saturated rings. The average Bonchev–Trinajstić information content (AvgIpc) is 3.95. The molecule has 4 rings (SSSR count). The number of Topliss-reactive ketones (excluding diaryl/α,β-unsaturated/α-hetero) is 1.